The Hall–Kier alpha value is -1.24. The Morgan fingerprint density at radius 2 is 1.83 bits per heavy atom. The lowest BCUT2D eigenvalue weighted by Crippen LogP contribution is -2.37. The van der Waals surface area contributed by atoms with Crippen LogP contribution in [0.2, 0.25) is 0 Å². The highest BCUT2D eigenvalue weighted by molar-refractivity contribution is 14.0. The van der Waals surface area contributed by atoms with Crippen molar-refractivity contribution in [2.45, 2.75) is 31.0 Å². The predicted octanol–water partition coefficient (Wildman–Crippen LogP) is 3.44. The van der Waals surface area contributed by atoms with Gasteiger partial charge in [-0.3, -0.25) is 4.99 Å². The number of guanidine groups is 1. The van der Waals surface area contributed by atoms with Crippen molar-refractivity contribution in [1.29, 1.82) is 0 Å². The minimum absolute atomic E-state index is 0. The predicted molar refractivity (Wildman–Crippen MR) is 128 cm³/mol. The van der Waals surface area contributed by atoms with Crippen LogP contribution in [-0.4, -0.2) is 45.4 Å². The van der Waals surface area contributed by atoms with Crippen LogP contribution in [0.15, 0.2) is 45.6 Å². The number of rotatable bonds is 9. The molecular formula is C19H28FIN4O2S2. The van der Waals surface area contributed by atoms with Gasteiger partial charge in [-0.15, -0.1) is 35.3 Å². The zero-order chi connectivity index (χ0) is 20.6. The van der Waals surface area contributed by atoms with Gasteiger partial charge in [-0.1, -0.05) is 32.0 Å². The van der Waals surface area contributed by atoms with E-state index in [4.69, 9.17) is 0 Å². The Bertz CT molecular complexity index is 899. The number of nitrogens with one attached hydrogen (secondary N) is 2. The molecule has 1 heterocycles. The normalized spacial score (nSPS) is 12.0. The van der Waals surface area contributed by atoms with Crippen LogP contribution < -0.4 is 10.6 Å². The molecular weight excluding hydrogens is 526 g/mol. The third-order valence-corrected chi connectivity index (χ3v) is 7.89. The third-order valence-electron chi connectivity index (χ3n) is 4.23. The van der Waals surface area contributed by atoms with E-state index in [1.165, 1.54) is 21.7 Å². The van der Waals surface area contributed by atoms with Crippen LogP contribution in [0.5, 0.6) is 0 Å². The summed E-state index contributed by atoms with van der Waals surface area (Å²) in [4.78, 5) is 5.10. The molecule has 0 aliphatic rings. The first kappa shape index (κ1) is 25.8. The van der Waals surface area contributed by atoms with Crippen molar-refractivity contribution in [2.75, 3.05) is 26.7 Å². The average molecular weight is 554 g/mol. The summed E-state index contributed by atoms with van der Waals surface area (Å²) < 4.78 is 40.6. The van der Waals surface area contributed by atoms with Gasteiger partial charge in [0, 0.05) is 43.7 Å². The minimum atomic E-state index is -3.41. The molecule has 0 aliphatic carbocycles. The van der Waals surface area contributed by atoms with Crippen molar-refractivity contribution in [3.05, 3.63) is 52.7 Å². The minimum Gasteiger partial charge on any atom is -0.356 e. The van der Waals surface area contributed by atoms with Crippen LogP contribution in [0, 0.1) is 5.82 Å². The van der Waals surface area contributed by atoms with Gasteiger partial charge < -0.3 is 10.6 Å². The topological polar surface area (TPSA) is 73.8 Å². The van der Waals surface area contributed by atoms with Crippen molar-refractivity contribution in [3.63, 3.8) is 0 Å². The van der Waals surface area contributed by atoms with E-state index in [9.17, 15) is 12.8 Å². The number of nitrogens with zero attached hydrogens (tertiary/aromatic N) is 2. The SMILES string of the molecule is CCN(CC)S(=O)(=O)c1ccc(CCNC(=NC)NCc2ccccc2F)s1.I. The van der Waals surface area contributed by atoms with Gasteiger partial charge in [0.15, 0.2) is 5.96 Å². The highest BCUT2D eigenvalue weighted by Crippen LogP contribution is 2.25. The fraction of sp³-hybridized carbons (Fsp3) is 0.421. The molecule has 1 aromatic heterocycles. The van der Waals surface area contributed by atoms with E-state index in [0.717, 1.165) is 4.88 Å². The van der Waals surface area contributed by atoms with Crippen LogP contribution in [0.25, 0.3) is 0 Å². The van der Waals surface area contributed by atoms with Crippen molar-refractivity contribution in [3.8, 4) is 0 Å². The highest BCUT2D eigenvalue weighted by atomic mass is 127. The molecule has 0 bridgehead atoms. The summed E-state index contributed by atoms with van der Waals surface area (Å²) in [6.45, 7) is 5.49. The molecule has 0 aliphatic heterocycles. The summed E-state index contributed by atoms with van der Waals surface area (Å²) in [5.74, 6) is 0.307. The van der Waals surface area contributed by atoms with Gasteiger partial charge in [-0.05, 0) is 24.6 Å². The van der Waals surface area contributed by atoms with E-state index in [1.807, 2.05) is 19.9 Å². The molecule has 1 aromatic carbocycles. The quantitative estimate of drug-likeness (QED) is 0.283. The molecule has 0 saturated carbocycles. The monoisotopic (exact) mass is 554 g/mol. The maximum atomic E-state index is 13.7. The van der Waals surface area contributed by atoms with E-state index < -0.39 is 10.0 Å². The van der Waals surface area contributed by atoms with Crippen molar-refractivity contribution in [1.82, 2.24) is 14.9 Å². The molecule has 29 heavy (non-hydrogen) atoms. The summed E-state index contributed by atoms with van der Waals surface area (Å²) in [7, 11) is -1.76. The molecule has 0 fully saturated rings. The highest BCUT2D eigenvalue weighted by Gasteiger charge is 2.23. The number of halogens is 2. The van der Waals surface area contributed by atoms with Crippen molar-refractivity contribution < 1.29 is 12.8 Å². The Kier molecular flexibility index (Phi) is 11.1. The molecule has 10 heteroatoms. The van der Waals surface area contributed by atoms with Gasteiger partial charge in [0.1, 0.15) is 10.0 Å². The number of sulfonamides is 1. The van der Waals surface area contributed by atoms with Gasteiger partial charge in [0.05, 0.1) is 0 Å². The lowest BCUT2D eigenvalue weighted by Gasteiger charge is -2.16. The van der Waals surface area contributed by atoms with Gasteiger partial charge >= 0.3 is 0 Å². The zero-order valence-corrected chi connectivity index (χ0v) is 20.8. The van der Waals surface area contributed by atoms with Crippen LogP contribution in [0.1, 0.15) is 24.3 Å². The molecule has 2 N–H and O–H groups in total. The second-order valence-electron chi connectivity index (χ2n) is 6.00. The van der Waals surface area contributed by atoms with E-state index in [1.54, 1.807) is 31.3 Å². The summed E-state index contributed by atoms with van der Waals surface area (Å²) >= 11 is 1.29. The standard InChI is InChI=1S/C19H27FN4O2S2.HI/c1-4-24(5-2)28(25,26)18-11-10-16(27-18)12-13-22-19(21-3)23-14-15-8-6-7-9-17(15)20;/h6-11H,4-5,12-14H2,1-3H3,(H2,21,22,23);1H. The summed E-state index contributed by atoms with van der Waals surface area (Å²) in [6, 6.07) is 10.1. The lowest BCUT2D eigenvalue weighted by atomic mass is 10.2. The Morgan fingerprint density at radius 1 is 1.14 bits per heavy atom. The first-order chi connectivity index (χ1) is 13.4. The second kappa shape index (κ2) is 12.5. The third kappa shape index (κ3) is 7.19. The fourth-order valence-corrected chi connectivity index (χ4v) is 5.64. The second-order valence-corrected chi connectivity index (χ2v) is 9.34. The van der Waals surface area contributed by atoms with E-state index in [-0.39, 0.29) is 29.8 Å². The molecule has 0 atom stereocenters. The number of benzene rings is 1. The first-order valence-corrected chi connectivity index (χ1v) is 11.4. The average Bonchev–Trinajstić information content (AvgIpc) is 3.16. The van der Waals surface area contributed by atoms with Gasteiger partial charge in [-0.25, -0.2) is 12.8 Å². The van der Waals surface area contributed by atoms with Gasteiger partial charge in [0.25, 0.3) is 10.0 Å². The largest absolute Gasteiger partial charge is 0.356 e. The van der Waals surface area contributed by atoms with Crippen molar-refractivity contribution >= 4 is 51.3 Å². The molecule has 6 nitrogen and oxygen atoms in total. The number of hydrogen-bond acceptors (Lipinski definition) is 4. The maximum Gasteiger partial charge on any atom is 0.252 e. The zero-order valence-electron chi connectivity index (χ0n) is 16.8. The molecule has 162 valence electrons. The number of aliphatic imine (C=N–C) groups is 1. The van der Waals surface area contributed by atoms with E-state index in [2.05, 4.69) is 15.6 Å². The first-order valence-electron chi connectivity index (χ1n) is 9.19. The van der Waals surface area contributed by atoms with Crippen LogP contribution in [-0.2, 0) is 23.0 Å². The van der Waals surface area contributed by atoms with Crippen LogP contribution in [0.3, 0.4) is 0 Å². The number of hydrogen-bond donors (Lipinski definition) is 2. The summed E-state index contributed by atoms with van der Waals surface area (Å²) in [5, 5.41) is 6.24. The molecule has 0 amide bonds. The van der Waals surface area contributed by atoms with E-state index >= 15 is 0 Å². The van der Waals surface area contributed by atoms with Gasteiger partial charge in [-0.2, -0.15) is 4.31 Å². The Labute approximate surface area is 193 Å². The summed E-state index contributed by atoms with van der Waals surface area (Å²) in [6.07, 6.45) is 0.666. The van der Waals surface area contributed by atoms with Gasteiger partial charge in [0.2, 0.25) is 0 Å². The lowest BCUT2D eigenvalue weighted by molar-refractivity contribution is 0.447. The summed E-state index contributed by atoms with van der Waals surface area (Å²) in [5.41, 5.74) is 0.565. The fourth-order valence-electron chi connectivity index (χ4n) is 2.67. The number of thiophene rings is 1. The maximum absolute atomic E-state index is 13.7. The molecule has 2 rings (SSSR count). The molecule has 0 unspecified atom stereocenters. The smallest absolute Gasteiger partial charge is 0.252 e. The molecule has 0 radical (unpaired) electrons. The van der Waals surface area contributed by atoms with E-state index in [0.29, 0.717) is 48.3 Å². The molecule has 0 saturated heterocycles. The van der Waals surface area contributed by atoms with Crippen LogP contribution in [0.4, 0.5) is 4.39 Å². The molecule has 0 spiro atoms. The van der Waals surface area contributed by atoms with Crippen LogP contribution >= 0.6 is 35.3 Å². The Morgan fingerprint density at radius 3 is 2.45 bits per heavy atom. The molecule has 2 aromatic rings. The Balaban J connectivity index is 0.00000420. The van der Waals surface area contributed by atoms with Crippen molar-refractivity contribution in [2.24, 2.45) is 4.99 Å².